The van der Waals surface area contributed by atoms with Crippen LogP contribution in [0.3, 0.4) is 0 Å². The summed E-state index contributed by atoms with van der Waals surface area (Å²) in [6, 6.07) is 13.5. The molecule has 1 aliphatic heterocycles. The van der Waals surface area contributed by atoms with E-state index in [-0.39, 0.29) is 17.5 Å². The molecule has 2 unspecified atom stereocenters. The van der Waals surface area contributed by atoms with Crippen molar-refractivity contribution in [2.75, 3.05) is 19.0 Å². The van der Waals surface area contributed by atoms with Gasteiger partial charge in [-0.1, -0.05) is 31.2 Å². The van der Waals surface area contributed by atoms with Gasteiger partial charge in [-0.3, -0.25) is 14.6 Å². The number of benzene rings is 2. The van der Waals surface area contributed by atoms with Crippen molar-refractivity contribution >= 4 is 28.4 Å². The van der Waals surface area contributed by atoms with Gasteiger partial charge < -0.3 is 15.0 Å². The molecular formula is C23H22FN3O3. The number of carbonyl (C=O) groups excluding carboxylic acids is 2. The topological polar surface area (TPSA) is 71.5 Å². The van der Waals surface area contributed by atoms with Crippen LogP contribution in [0.15, 0.2) is 54.7 Å². The first-order valence-electron chi connectivity index (χ1n) is 9.76. The van der Waals surface area contributed by atoms with Crippen molar-refractivity contribution in [2.45, 2.75) is 19.4 Å². The lowest BCUT2D eigenvalue weighted by Gasteiger charge is -2.24. The number of methoxy groups -OCH3 is 1. The van der Waals surface area contributed by atoms with Crippen LogP contribution in [0.25, 0.3) is 10.9 Å². The molecule has 1 aromatic heterocycles. The van der Waals surface area contributed by atoms with Crippen molar-refractivity contribution in [2.24, 2.45) is 5.92 Å². The minimum absolute atomic E-state index is 0.197. The highest BCUT2D eigenvalue weighted by molar-refractivity contribution is 6.39. The van der Waals surface area contributed by atoms with Crippen LogP contribution in [-0.4, -0.2) is 35.4 Å². The molecule has 4 rings (SSSR count). The largest absolute Gasteiger partial charge is 0.497 e. The van der Waals surface area contributed by atoms with Crippen molar-refractivity contribution < 1.29 is 18.7 Å². The zero-order chi connectivity index (χ0) is 21.3. The Bertz CT molecular complexity index is 1120. The summed E-state index contributed by atoms with van der Waals surface area (Å²) >= 11 is 0. The first-order valence-corrected chi connectivity index (χ1v) is 9.76. The molecule has 30 heavy (non-hydrogen) atoms. The minimum atomic E-state index is -0.741. The number of hydrogen-bond acceptors (Lipinski definition) is 4. The number of aromatic nitrogens is 1. The van der Waals surface area contributed by atoms with E-state index in [4.69, 9.17) is 4.74 Å². The van der Waals surface area contributed by atoms with Crippen molar-refractivity contribution in [3.63, 3.8) is 0 Å². The standard InChI is InChI=1S/C23H22FN3O3/c1-14-9-20(15-5-3-7-18(11-15)30-2)27(13-14)23(29)22(28)26-17-10-16-6-4-8-19(24)21(16)25-12-17/h3-8,10-12,14,20H,9,13H2,1-2H3,(H,26,28). The Labute approximate surface area is 173 Å². The smallest absolute Gasteiger partial charge is 0.313 e. The molecule has 2 atom stereocenters. The highest BCUT2D eigenvalue weighted by Gasteiger charge is 2.37. The SMILES string of the molecule is COc1cccc(C2CC(C)CN2C(=O)C(=O)Nc2cnc3c(F)cccc3c2)c1. The Morgan fingerprint density at radius 3 is 2.80 bits per heavy atom. The predicted octanol–water partition coefficient (Wildman–Crippen LogP) is 3.93. The molecule has 0 saturated carbocycles. The number of rotatable bonds is 3. The molecule has 0 aliphatic carbocycles. The number of nitrogens with one attached hydrogen (secondary N) is 1. The van der Waals surface area contributed by atoms with Crippen LogP contribution in [0, 0.1) is 11.7 Å². The van der Waals surface area contributed by atoms with Crippen LogP contribution in [-0.2, 0) is 9.59 Å². The summed E-state index contributed by atoms with van der Waals surface area (Å²) < 4.78 is 19.1. The maximum Gasteiger partial charge on any atom is 0.313 e. The number of para-hydroxylation sites is 1. The lowest BCUT2D eigenvalue weighted by Crippen LogP contribution is -2.39. The molecule has 2 heterocycles. The second-order valence-corrected chi connectivity index (χ2v) is 7.58. The Balaban J connectivity index is 1.54. The second-order valence-electron chi connectivity index (χ2n) is 7.58. The summed E-state index contributed by atoms with van der Waals surface area (Å²) in [6.07, 6.45) is 2.12. The van der Waals surface area contributed by atoms with E-state index in [0.29, 0.717) is 23.4 Å². The molecule has 0 bridgehead atoms. The number of fused-ring (bicyclic) bond motifs is 1. The van der Waals surface area contributed by atoms with Gasteiger partial charge in [0.15, 0.2) is 0 Å². The van der Waals surface area contributed by atoms with Gasteiger partial charge in [-0.05, 0) is 42.2 Å². The van der Waals surface area contributed by atoms with Crippen molar-refractivity contribution in [3.8, 4) is 5.75 Å². The van der Waals surface area contributed by atoms with Crippen LogP contribution >= 0.6 is 0 Å². The van der Waals surface area contributed by atoms with Gasteiger partial charge in [0.2, 0.25) is 0 Å². The lowest BCUT2D eigenvalue weighted by molar-refractivity contribution is -0.143. The molecule has 154 valence electrons. The fourth-order valence-electron chi connectivity index (χ4n) is 3.94. The number of halogens is 1. The Morgan fingerprint density at radius 1 is 1.20 bits per heavy atom. The van der Waals surface area contributed by atoms with Gasteiger partial charge in [0.1, 0.15) is 17.1 Å². The Morgan fingerprint density at radius 2 is 2.00 bits per heavy atom. The van der Waals surface area contributed by atoms with Gasteiger partial charge in [0.25, 0.3) is 0 Å². The molecule has 3 aromatic rings. The highest BCUT2D eigenvalue weighted by Crippen LogP contribution is 2.36. The van der Waals surface area contributed by atoms with E-state index < -0.39 is 17.6 Å². The third kappa shape index (κ3) is 3.83. The number of pyridine rings is 1. The summed E-state index contributed by atoms with van der Waals surface area (Å²) in [4.78, 5) is 31.3. The van der Waals surface area contributed by atoms with Gasteiger partial charge >= 0.3 is 11.8 Å². The number of nitrogens with zero attached hydrogens (tertiary/aromatic N) is 2. The van der Waals surface area contributed by atoms with Crippen LogP contribution in [0.1, 0.15) is 24.9 Å². The second kappa shape index (κ2) is 8.10. The van der Waals surface area contributed by atoms with Crippen LogP contribution in [0.5, 0.6) is 5.75 Å². The zero-order valence-electron chi connectivity index (χ0n) is 16.8. The normalized spacial score (nSPS) is 18.4. The van der Waals surface area contributed by atoms with E-state index >= 15 is 0 Å². The maximum absolute atomic E-state index is 13.8. The Kier molecular flexibility index (Phi) is 5.35. The number of anilines is 1. The van der Waals surface area contributed by atoms with Crippen LogP contribution in [0.4, 0.5) is 10.1 Å². The molecule has 2 amide bonds. The van der Waals surface area contributed by atoms with E-state index in [2.05, 4.69) is 17.2 Å². The third-order valence-corrected chi connectivity index (χ3v) is 5.36. The van der Waals surface area contributed by atoms with E-state index in [0.717, 1.165) is 12.0 Å². The van der Waals surface area contributed by atoms with Gasteiger partial charge in [0, 0.05) is 11.9 Å². The number of ether oxygens (including phenoxy) is 1. The Hall–Kier alpha value is -3.48. The molecule has 0 spiro atoms. The van der Waals surface area contributed by atoms with Gasteiger partial charge in [0.05, 0.1) is 25.0 Å². The molecule has 2 aromatic carbocycles. The van der Waals surface area contributed by atoms with Gasteiger partial charge in [-0.15, -0.1) is 0 Å². The summed E-state index contributed by atoms with van der Waals surface area (Å²) in [6.45, 7) is 2.55. The quantitative estimate of drug-likeness (QED) is 0.668. The average molecular weight is 407 g/mol. The van der Waals surface area contributed by atoms with Gasteiger partial charge in [-0.2, -0.15) is 0 Å². The molecule has 7 heteroatoms. The molecule has 1 aliphatic rings. The van der Waals surface area contributed by atoms with E-state index in [1.165, 1.54) is 12.3 Å². The summed E-state index contributed by atoms with van der Waals surface area (Å²) in [5.41, 5.74) is 1.49. The number of hydrogen-bond donors (Lipinski definition) is 1. The minimum Gasteiger partial charge on any atom is -0.497 e. The van der Waals surface area contributed by atoms with Crippen LogP contribution in [0.2, 0.25) is 0 Å². The summed E-state index contributed by atoms with van der Waals surface area (Å²) in [7, 11) is 1.59. The molecular weight excluding hydrogens is 385 g/mol. The molecule has 1 fully saturated rings. The van der Waals surface area contributed by atoms with E-state index in [1.54, 1.807) is 30.2 Å². The van der Waals surface area contributed by atoms with Crippen LogP contribution < -0.4 is 10.1 Å². The molecule has 1 saturated heterocycles. The summed E-state index contributed by atoms with van der Waals surface area (Å²) in [5.74, 6) is -0.809. The fraction of sp³-hybridized carbons (Fsp3) is 0.261. The fourth-order valence-corrected chi connectivity index (χ4v) is 3.94. The zero-order valence-corrected chi connectivity index (χ0v) is 16.8. The lowest BCUT2D eigenvalue weighted by atomic mass is 10.0. The number of likely N-dealkylation sites (tertiary alicyclic amines) is 1. The average Bonchev–Trinajstić information content (AvgIpc) is 3.15. The first-order chi connectivity index (χ1) is 14.5. The number of carbonyl (C=O) groups is 2. The highest BCUT2D eigenvalue weighted by atomic mass is 19.1. The number of amides is 2. The van der Waals surface area contributed by atoms with E-state index in [1.807, 2.05) is 24.3 Å². The van der Waals surface area contributed by atoms with Gasteiger partial charge in [-0.25, -0.2) is 4.39 Å². The van der Waals surface area contributed by atoms with Crippen molar-refractivity contribution in [1.29, 1.82) is 0 Å². The summed E-state index contributed by atoms with van der Waals surface area (Å²) in [5, 5.41) is 3.15. The van der Waals surface area contributed by atoms with Crippen molar-refractivity contribution in [3.05, 3.63) is 66.1 Å². The molecule has 1 N–H and O–H groups in total. The maximum atomic E-state index is 13.8. The molecule has 0 radical (unpaired) electrons. The molecule has 6 nitrogen and oxygen atoms in total. The van der Waals surface area contributed by atoms with Crippen molar-refractivity contribution in [1.82, 2.24) is 9.88 Å². The third-order valence-electron chi connectivity index (χ3n) is 5.36. The first kappa shape index (κ1) is 19.8. The predicted molar refractivity (Wildman–Crippen MR) is 112 cm³/mol. The monoisotopic (exact) mass is 407 g/mol. The van der Waals surface area contributed by atoms with E-state index in [9.17, 15) is 14.0 Å².